The van der Waals surface area contributed by atoms with Crippen molar-refractivity contribution in [2.24, 2.45) is 0 Å². The third-order valence-electron chi connectivity index (χ3n) is 9.11. The van der Waals surface area contributed by atoms with E-state index < -0.39 is 0 Å². The first-order valence-corrected chi connectivity index (χ1v) is 16.0. The Morgan fingerprint density at radius 2 is 1.00 bits per heavy atom. The van der Waals surface area contributed by atoms with Gasteiger partial charge in [-0.05, 0) is 71.4 Å². The minimum atomic E-state index is 1.04. The van der Waals surface area contributed by atoms with E-state index in [1.165, 1.54) is 64.8 Å². The predicted octanol–water partition coefficient (Wildman–Crippen LogP) is 11.3. The Bertz CT molecular complexity index is 2730. The fourth-order valence-electron chi connectivity index (χ4n) is 7.15. The number of hydrogen-bond donors (Lipinski definition) is 0. The Morgan fingerprint density at radius 1 is 0.422 bits per heavy atom. The lowest BCUT2D eigenvalue weighted by molar-refractivity contribution is 1.18. The summed E-state index contributed by atoms with van der Waals surface area (Å²) in [6, 6.07) is 54.8. The average molecular weight is 592 g/mol. The van der Waals surface area contributed by atoms with Gasteiger partial charge in [0.25, 0.3) is 0 Å². The third-order valence-corrected chi connectivity index (χ3v) is 10.2. The lowest BCUT2D eigenvalue weighted by Crippen LogP contribution is -1.96. The Hall–Kier alpha value is -5.71. The normalized spacial score (nSPS) is 12.0. The number of aromatic nitrogens is 3. The molecule has 3 aromatic heterocycles. The zero-order valence-electron chi connectivity index (χ0n) is 24.2. The summed E-state index contributed by atoms with van der Waals surface area (Å²) in [6.07, 6.45) is 0. The molecule has 0 fully saturated rings. The van der Waals surface area contributed by atoms with Crippen molar-refractivity contribution in [3.8, 4) is 21.9 Å². The molecule has 0 aliphatic rings. The maximum atomic E-state index is 5.09. The summed E-state index contributed by atoms with van der Waals surface area (Å²) in [5, 5.41) is 8.46. The van der Waals surface area contributed by atoms with Gasteiger partial charge in [0.1, 0.15) is 5.01 Å². The molecule has 45 heavy (non-hydrogen) atoms. The molecule has 0 aliphatic carbocycles. The average Bonchev–Trinajstić information content (AvgIpc) is 3.77. The molecule has 0 N–H and O–H groups in total. The van der Waals surface area contributed by atoms with Gasteiger partial charge in [-0.3, -0.25) is 0 Å². The number of hydrogen-bond acceptors (Lipinski definition) is 2. The molecule has 3 nitrogen and oxygen atoms in total. The van der Waals surface area contributed by atoms with Crippen molar-refractivity contribution < 1.29 is 0 Å². The van der Waals surface area contributed by atoms with Crippen LogP contribution in [0.15, 0.2) is 152 Å². The highest BCUT2D eigenvalue weighted by atomic mass is 32.1. The van der Waals surface area contributed by atoms with E-state index >= 15 is 0 Å². The summed E-state index contributed by atoms with van der Waals surface area (Å²) < 4.78 is 6.05. The number of para-hydroxylation sites is 4. The summed E-state index contributed by atoms with van der Waals surface area (Å²) in [6.45, 7) is 0. The van der Waals surface area contributed by atoms with E-state index in [9.17, 15) is 0 Å². The van der Waals surface area contributed by atoms with E-state index in [2.05, 4.69) is 161 Å². The highest BCUT2D eigenvalue weighted by Crippen LogP contribution is 2.42. The van der Waals surface area contributed by atoms with Gasteiger partial charge in [0.05, 0.1) is 32.3 Å². The number of benzene rings is 7. The standard InChI is InChI=1S/C41H25N3S/c1-2-13-27(14-3-1)43-36-19-9-6-16-30(36)32-25-39-33(24-38(32)43)31-17-7-10-20-37(31)44(39)28-22-26-12-4-5-15-29(26)34(23-28)41-42-35-18-8-11-21-40(35)45-41/h1-25H. The van der Waals surface area contributed by atoms with Crippen LogP contribution in [-0.4, -0.2) is 14.1 Å². The number of fused-ring (bicyclic) bond motifs is 8. The van der Waals surface area contributed by atoms with Gasteiger partial charge in [0.15, 0.2) is 0 Å². The highest BCUT2D eigenvalue weighted by molar-refractivity contribution is 7.21. The van der Waals surface area contributed by atoms with Gasteiger partial charge in [0, 0.05) is 38.5 Å². The molecular formula is C41H25N3S. The smallest absolute Gasteiger partial charge is 0.125 e. The van der Waals surface area contributed by atoms with Crippen molar-refractivity contribution in [1.82, 2.24) is 14.1 Å². The molecule has 10 aromatic rings. The Balaban J connectivity index is 1.32. The van der Waals surface area contributed by atoms with Crippen LogP contribution in [0.2, 0.25) is 0 Å². The van der Waals surface area contributed by atoms with Crippen molar-refractivity contribution in [2.75, 3.05) is 0 Å². The van der Waals surface area contributed by atoms with Gasteiger partial charge < -0.3 is 9.13 Å². The van der Waals surface area contributed by atoms with Crippen LogP contribution in [0.5, 0.6) is 0 Å². The minimum Gasteiger partial charge on any atom is -0.309 e. The van der Waals surface area contributed by atoms with E-state index in [4.69, 9.17) is 4.98 Å². The van der Waals surface area contributed by atoms with E-state index in [1.807, 2.05) is 0 Å². The molecule has 0 saturated carbocycles. The molecule has 0 atom stereocenters. The molecule has 7 aromatic carbocycles. The predicted molar refractivity (Wildman–Crippen MR) is 191 cm³/mol. The van der Waals surface area contributed by atoms with E-state index in [0.717, 1.165) is 21.8 Å². The molecule has 210 valence electrons. The van der Waals surface area contributed by atoms with Crippen LogP contribution in [0.1, 0.15) is 0 Å². The highest BCUT2D eigenvalue weighted by Gasteiger charge is 2.20. The molecule has 3 heterocycles. The second-order valence-corrected chi connectivity index (χ2v) is 12.7. The van der Waals surface area contributed by atoms with Crippen LogP contribution < -0.4 is 0 Å². The zero-order chi connectivity index (χ0) is 29.5. The van der Waals surface area contributed by atoms with Crippen molar-refractivity contribution >= 4 is 75.9 Å². The first-order chi connectivity index (χ1) is 22.3. The van der Waals surface area contributed by atoms with Gasteiger partial charge in [-0.15, -0.1) is 11.3 Å². The van der Waals surface area contributed by atoms with Crippen molar-refractivity contribution in [1.29, 1.82) is 0 Å². The van der Waals surface area contributed by atoms with Crippen molar-refractivity contribution in [2.45, 2.75) is 0 Å². The summed E-state index contributed by atoms with van der Waals surface area (Å²) in [5.74, 6) is 0. The van der Waals surface area contributed by atoms with Crippen LogP contribution in [-0.2, 0) is 0 Å². The number of thiazole rings is 1. The summed E-state index contributed by atoms with van der Waals surface area (Å²) in [7, 11) is 0. The van der Waals surface area contributed by atoms with Gasteiger partial charge in [-0.2, -0.15) is 0 Å². The fourth-order valence-corrected chi connectivity index (χ4v) is 8.15. The summed E-state index contributed by atoms with van der Waals surface area (Å²) in [4.78, 5) is 5.09. The Morgan fingerprint density at radius 3 is 1.71 bits per heavy atom. The minimum absolute atomic E-state index is 1.04. The van der Waals surface area contributed by atoms with Crippen LogP contribution in [0, 0.1) is 0 Å². The third kappa shape index (κ3) is 3.60. The second-order valence-electron chi connectivity index (χ2n) is 11.6. The van der Waals surface area contributed by atoms with E-state index in [-0.39, 0.29) is 0 Å². The fraction of sp³-hybridized carbons (Fsp3) is 0. The SMILES string of the molecule is c1ccc(-n2c3ccccc3c3cc4c(cc32)c2ccccc2n4-c2cc(-c3nc4ccccc4s3)c3ccccc3c2)cc1. The number of rotatable bonds is 3. The first kappa shape index (κ1) is 24.7. The molecule has 4 heteroatoms. The Labute approximate surface area is 262 Å². The maximum Gasteiger partial charge on any atom is 0.125 e. The topological polar surface area (TPSA) is 22.8 Å². The first-order valence-electron chi connectivity index (χ1n) is 15.2. The molecule has 0 saturated heterocycles. The van der Waals surface area contributed by atoms with Crippen LogP contribution >= 0.6 is 11.3 Å². The maximum absolute atomic E-state index is 5.09. The Kier molecular flexibility index (Phi) is 5.16. The summed E-state index contributed by atoms with van der Waals surface area (Å²) >= 11 is 1.76. The van der Waals surface area contributed by atoms with Crippen LogP contribution in [0.3, 0.4) is 0 Å². The van der Waals surface area contributed by atoms with E-state index in [1.54, 1.807) is 11.3 Å². The molecule has 0 amide bonds. The van der Waals surface area contributed by atoms with E-state index in [0.29, 0.717) is 0 Å². The van der Waals surface area contributed by atoms with Crippen LogP contribution in [0.4, 0.5) is 0 Å². The second kappa shape index (κ2) is 9.39. The van der Waals surface area contributed by atoms with Crippen LogP contribution in [0.25, 0.3) is 86.5 Å². The largest absolute Gasteiger partial charge is 0.309 e. The zero-order valence-corrected chi connectivity index (χ0v) is 25.0. The molecule has 10 rings (SSSR count). The monoisotopic (exact) mass is 591 g/mol. The van der Waals surface area contributed by atoms with Gasteiger partial charge >= 0.3 is 0 Å². The lowest BCUT2D eigenvalue weighted by atomic mass is 10.0. The molecular weight excluding hydrogens is 567 g/mol. The van der Waals surface area contributed by atoms with Crippen molar-refractivity contribution in [3.05, 3.63) is 152 Å². The molecule has 0 spiro atoms. The molecule has 0 radical (unpaired) electrons. The molecule has 0 aliphatic heterocycles. The van der Waals surface area contributed by atoms with Gasteiger partial charge in [0.2, 0.25) is 0 Å². The lowest BCUT2D eigenvalue weighted by Gasteiger charge is -2.13. The van der Waals surface area contributed by atoms with Gasteiger partial charge in [-0.25, -0.2) is 4.98 Å². The quantitative estimate of drug-likeness (QED) is 0.200. The molecule has 0 bridgehead atoms. The number of nitrogens with zero attached hydrogens (tertiary/aromatic N) is 3. The summed E-state index contributed by atoms with van der Waals surface area (Å²) in [5.41, 5.74) is 9.34. The van der Waals surface area contributed by atoms with Crippen molar-refractivity contribution in [3.63, 3.8) is 0 Å². The van der Waals surface area contributed by atoms with Gasteiger partial charge in [-0.1, -0.05) is 91.0 Å². The molecule has 0 unspecified atom stereocenters.